The van der Waals surface area contributed by atoms with Crippen molar-refractivity contribution in [1.82, 2.24) is 19.6 Å². The summed E-state index contributed by atoms with van der Waals surface area (Å²) in [5, 5.41) is 3.36. The molecule has 90 valence electrons. The van der Waals surface area contributed by atoms with Gasteiger partial charge in [-0.15, -0.1) is 0 Å². The predicted molar refractivity (Wildman–Crippen MR) is 71.0 cm³/mol. The summed E-state index contributed by atoms with van der Waals surface area (Å²) in [4.78, 5) is 7.08. The summed E-state index contributed by atoms with van der Waals surface area (Å²) >= 11 is 3.47. The topological polar surface area (TPSA) is 32.6 Å². The fourth-order valence-corrected chi connectivity index (χ4v) is 2.51. The van der Waals surface area contributed by atoms with E-state index < -0.39 is 0 Å². The predicted octanol–water partition coefficient (Wildman–Crippen LogP) is 1.50. The van der Waals surface area contributed by atoms with Crippen molar-refractivity contribution in [3.8, 4) is 0 Å². The molecule has 0 radical (unpaired) electrons. The van der Waals surface area contributed by atoms with Crippen molar-refractivity contribution < 1.29 is 0 Å². The lowest BCUT2D eigenvalue weighted by atomic mass is 10.3. The summed E-state index contributed by atoms with van der Waals surface area (Å²) in [5.74, 6) is 0. The number of hydrogen-bond donors (Lipinski definition) is 1. The van der Waals surface area contributed by atoms with Crippen LogP contribution in [0.25, 0.3) is 5.65 Å². The van der Waals surface area contributed by atoms with Gasteiger partial charge < -0.3 is 9.72 Å². The Kier molecular flexibility index (Phi) is 3.13. The smallest absolute Gasteiger partial charge is 0.138 e. The number of pyridine rings is 1. The van der Waals surface area contributed by atoms with Crippen molar-refractivity contribution in [2.24, 2.45) is 0 Å². The Morgan fingerprint density at radius 3 is 3.00 bits per heavy atom. The maximum atomic E-state index is 4.64. The summed E-state index contributed by atoms with van der Waals surface area (Å²) in [7, 11) is 0. The third kappa shape index (κ3) is 2.51. The molecular formula is C12H15BrN4. The highest BCUT2D eigenvalue weighted by Crippen LogP contribution is 2.14. The number of nitrogens with zero attached hydrogens (tertiary/aromatic N) is 3. The standard InChI is InChI=1S/C12H15BrN4/c13-10-1-4-17-9-11(15-12(17)7-10)8-16-5-2-14-3-6-16/h1,4,7,9,14H,2-3,5-6,8H2. The van der Waals surface area contributed by atoms with Gasteiger partial charge in [0.1, 0.15) is 5.65 Å². The summed E-state index contributed by atoms with van der Waals surface area (Å²) in [6, 6.07) is 4.07. The van der Waals surface area contributed by atoms with E-state index in [1.165, 1.54) is 0 Å². The van der Waals surface area contributed by atoms with Crippen molar-refractivity contribution >= 4 is 21.6 Å². The number of piperazine rings is 1. The van der Waals surface area contributed by atoms with Gasteiger partial charge in [0.05, 0.1) is 5.69 Å². The lowest BCUT2D eigenvalue weighted by molar-refractivity contribution is 0.231. The first-order valence-electron chi connectivity index (χ1n) is 5.87. The van der Waals surface area contributed by atoms with Gasteiger partial charge in [-0.05, 0) is 12.1 Å². The van der Waals surface area contributed by atoms with Crippen LogP contribution in [0, 0.1) is 0 Å². The number of nitrogens with one attached hydrogen (secondary N) is 1. The quantitative estimate of drug-likeness (QED) is 0.911. The first-order valence-corrected chi connectivity index (χ1v) is 6.67. The zero-order valence-electron chi connectivity index (χ0n) is 9.56. The van der Waals surface area contributed by atoms with Crippen LogP contribution in [0.1, 0.15) is 5.69 Å². The monoisotopic (exact) mass is 294 g/mol. The zero-order chi connectivity index (χ0) is 11.7. The Morgan fingerprint density at radius 2 is 2.18 bits per heavy atom. The van der Waals surface area contributed by atoms with Gasteiger partial charge in [-0.1, -0.05) is 15.9 Å². The molecule has 0 amide bonds. The van der Waals surface area contributed by atoms with Crippen molar-refractivity contribution in [2.45, 2.75) is 6.54 Å². The fraction of sp³-hybridized carbons (Fsp3) is 0.417. The SMILES string of the molecule is Brc1ccn2cc(CN3CCNCC3)nc2c1. The highest BCUT2D eigenvalue weighted by atomic mass is 79.9. The molecule has 1 N–H and O–H groups in total. The lowest BCUT2D eigenvalue weighted by Gasteiger charge is -2.26. The molecule has 0 bridgehead atoms. The molecule has 0 saturated carbocycles. The van der Waals surface area contributed by atoms with E-state index in [-0.39, 0.29) is 0 Å². The zero-order valence-corrected chi connectivity index (χ0v) is 11.2. The minimum atomic E-state index is 0.945. The Labute approximate surface area is 109 Å². The van der Waals surface area contributed by atoms with Gasteiger partial charge in [0.15, 0.2) is 0 Å². The summed E-state index contributed by atoms with van der Waals surface area (Å²) in [6.45, 7) is 5.33. The molecule has 1 fully saturated rings. The third-order valence-electron chi connectivity index (χ3n) is 3.07. The summed E-state index contributed by atoms with van der Waals surface area (Å²) in [5.41, 5.74) is 2.15. The van der Waals surface area contributed by atoms with Crippen LogP contribution in [0.5, 0.6) is 0 Å². The van der Waals surface area contributed by atoms with Gasteiger partial charge in [0.2, 0.25) is 0 Å². The van der Waals surface area contributed by atoms with Crippen LogP contribution >= 0.6 is 15.9 Å². The largest absolute Gasteiger partial charge is 0.314 e. The minimum absolute atomic E-state index is 0.945. The number of fused-ring (bicyclic) bond motifs is 1. The van der Waals surface area contributed by atoms with E-state index in [9.17, 15) is 0 Å². The fourth-order valence-electron chi connectivity index (χ4n) is 2.18. The van der Waals surface area contributed by atoms with Crippen LogP contribution in [0.2, 0.25) is 0 Å². The first-order chi connectivity index (χ1) is 8.31. The maximum Gasteiger partial charge on any atom is 0.138 e. The Bertz CT molecular complexity index is 516. The van der Waals surface area contributed by atoms with Crippen LogP contribution in [-0.4, -0.2) is 40.5 Å². The van der Waals surface area contributed by atoms with Crippen molar-refractivity contribution in [2.75, 3.05) is 26.2 Å². The molecule has 1 aliphatic rings. The molecule has 0 unspecified atom stereocenters. The Morgan fingerprint density at radius 1 is 1.35 bits per heavy atom. The lowest BCUT2D eigenvalue weighted by Crippen LogP contribution is -2.42. The molecule has 0 atom stereocenters. The van der Waals surface area contributed by atoms with E-state index in [1.807, 2.05) is 18.3 Å². The van der Waals surface area contributed by atoms with Crippen molar-refractivity contribution in [3.63, 3.8) is 0 Å². The number of hydrogen-bond acceptors (Lipinski definition) is 3. The van der Waals surface area contributed by atoms with Crippen LogP contribution in [-0.2, 0) is 6.54 Å². The minimum Gasteiger partial charge on any atom is -0.314 e. The van der Waals surface area contributed by atoms with E-state index in [0.717, 1.165) is 48.5 Å². The number of aromatic nitrogens is 2. The molecule has 1 aliphatic heterocycles. The third-order valence-corrected chi connectivity index (χ3v) is 3.56. The number of halogens is 1. The molecule has 0 spiro atoms. The van der Waals surface area contributed by atoms with E-state index in [0.29, 0.717) is 0 Å². The molecule has 2 aromatic heterocycles. The molecule has 3 heterocycles. The number of rotatable bonds is 2. The van der Waals surface area contributed by atoms with Crippen molar-refractivity contribution in [3.05, 3.63) is 34.7 Å². The molecule has 2 aromatic rings. The average Bonchev–Trinajstić information content (AvgIpc) is 2.71. The molecule has 0 aromatic carbocycles. The molecule has 17 heavy (non-hydrogen) atoms. The van der Waals surface area contributed by atoms with Gasteiger partial charge >= 0.3 is 0 Å². The molecular weight excluding hydrogens is 280 g/mol. The van der Waals surface area contributed by atoms with Crippen LogP contribution < -0.4 is 5.32 Å². The molecule has 4 nitrogen and oxygen atoms in total. The van der Waals surface area contributed by atoms with Gasteiger partial charge in [-0.3, -0.25) is 4.90 Å². The summed E-state index contributed by atoms with van der Waals surface area (Å²) < 4.78 is 3.15. The average molecular weight is 295 g/mol. The maximum absolute atomic E-state index is 4.64. The van der Waals surface area contributed by atoms with Gasteiger partial charge in [-0.25, -0.2) is 4.98 Å². The van der Waals surface area contributed by atoms with E-state index in [1.54, 1.807) is 0 Å². The highest BCUT2D eigenvalue weighted by Gasteiger charge is 2.11. The van der Waals surface area contributed by atoms with E-state index in [4.69, 9.17) is 0 Å². The van der Waals surface area contributed by atoms with Crippen LogP contribution in [0.15, 0.2) is 29.0 Å². The van der Waals surface area contributed by atoms with Crippen LogP contribution in [0.4, 0.5) is 0 Å². The van der Waals surface area contributed by atoms with E-state index >= 15 is 0 Å². The van der Waals surface area contributed by atoms with Crippen molar-refractivity contribution in [1.29, 1.82) is 0 Å². The molecule has 1 saturated heterocycles. The number of imidazole rings is 1. The second-order valence-electron chi connectivity index (χ2n) is 4.37. The summed E-state index contributed by atoms with van der Waals surface area (Å²) in [6.07, 6.45) is 4.15. The second kappa shape index (κ2) is 4.76. The normalized spacial score (nSPS) is 17.7. The van der Waals surface area contributed by atoms with Crippen LogP contribution in [0.3, 0.4) is 0 Å². The Hall–Kier alpha value is -0.910. The Balaban J connectivity index is 1.80. The van der Waals surface area contributed by atoms with Gasteiger partial charge in [0.25, 0.3) is 0 Å². The van der Waals surface area contributed by atoms with E-state index in [2.05, 4.69) is 41.7 Å². The highest BCUT2D eigenvalue weighted by molar-refractivity contribution is 9.10. The molecule has 3 rings (SSSR count). The molecule has 5 heteroatoms. The molecule has 0 aliphatic carbocycles. The second-order valence-corrected chi connectivity index (χ2v) is 5.28. The van der Waals surface area contributed by atoms with Gasteiger partial charge in [0, 0.05) is 49.6 Å². The first kappa shape index (κ1) is 11.2. The van der Waals surface area contributed by atoms with Gasteiger partial charge in [-0.2, -0.15) is 0 Å².